The minimum absolute atomic E-state index is 1.03. The zero-order chi connectivity index (χ0) is 23.7. The molecule has 4 rings (SSSR count). The van der Waals surface area contributed by atoms with E-state index in [1.807, 2.05) is 55.4 Å². The van der Waals surface area contributed by atoms with Gasteiger partial charge in [0.15, 0.2) is 0 Å². The number of hydrogen-bond acceptors (Lipinski definition) is 0. The number of hydrogen-bond donors (Lipinski definition) is 0. The van der Waals surface area contributed by atoms with Crippen LogP contribution in [0.1, 0.15) is 66.5 Å². The fraction of sp³-hybridized carbons (Fsp3) is 0.290. The predicted octanol–water partition coefficient (Wildman–Crippen LogP) is 10.2. The van der Waals surface area contributed by atoms with Crippen LogP contribution in [0.15, 0.2) is 109 Å². The Kier molecular flexibility index (Phi) is 22.9. The first kappa shape index (κ1) is 30.3. The maximum Gasteiger partial charge on any atom is -0.00258 e. The monoisotopic (exact) mass is 416 g/mol. The molecular formula is C31H44. The molecule has 0 N–H and O–H groups in total. The molecule has 0 heterocycles. The first-order valence-electron chi connectivity index (χ1n) is 11.9. The van der Waals surface area contributed by atoms with E-state index in [1.54, 1.807) is 0 Å². The fourth-order valence-electron chi connectivity index (χ4n) is 2.56. The van der Waals surface area contributed by atoms with Gasteiger partial charge < -0.3 is 0 Å². The van der Waals surface area contributed by atoms with Crippen molar-refractivity contribution in [3.63, 3.8) is 0 Å². The van der Waals surface area contributed by atoms with Gasteiger partial charge in [-0.05, 0) is 28.3 Å². The highest BCUT2D eigenvalue weighted by atomic mass is 14.0. The van der Waals surface area contributed by atoms with Gasteiger partial charge >= 0.3 is 0 Å². The molecule has 0 bridgehead atoms. The summed E-state index contributed by atoms with van der Waals surface area (Å²) in [7, 11) is 0. The van der Waals surface area contributed by atoms with E-state index in [2.05, 4.69) is 109 Å². The zero-order valence-corrected chi connectivity index (χ0v) is 21.1. The van der Waals surface area contributed by atoms with Crippen molar-refractivity contribution in [1.29, 1.82) is 0 Å². The molecule has 0 amide bonds. The van der Waals surface area contributed by atoms with Crippen LogP contribution >= 0.6 is 0 Å². The number of rotatable bonds is 2. The van der Waals surface area contributed by atoms with Crippen molar-refractivity contribution in [2.75, 3.05) is 0 Å². The lowest BCUT2D eigenvalue weighted by Crippen LogP contribution is -1.85. The Morgan fingerprint density at radius 3 is 0.806 bits per heavy atom. The largest absolute Gasteiger partial charge is 0.0683 e. The van der Waals surface area contributed by atoms with E-state index >= 15 is 0 Å². The molecule has 0 unspecified atom stereocenters. The van der Waals surface area contributed by atoms with Gasteiger partial charge in [-0.1, -0.05) is 165 Å². The third kappa shape index (κ3) is 13.9. The average molecular weight is 417 g/mol. The molecule has 168 valence electrons. The lowest BCUT2D eigenvalue weighted by molar-refractivity contribution is 1.19. The summed E-state index contributed by atoms with van der Waals surface area (Å²) >= 11 is 0. The predicted molar refractivity (Wildman–Crippen MR) is 145 cm³/mol. The first-order valence-corrected chi connectivity index (χ1v) is 11.9. The highest BCUT2D eigenvalue weighted by Gasteiger charge is 1.92. The van der Waals surface area contributed by atoms with Crippen LogP contribution in [0.5, 0.6) is 0 Å². The maximum absolute atomic E-state index is 2.16. The van der Waals surface area contributed by atoms with Gasteiger partial charge in [-0.3, -0.25) is 0 Å². The van der Waals surface area contributed by atoms with E-state index in [1.165, 1.54) is 21.9 Å². The van der Waals surface area contributed by atoms with Crippen LogP contribution in [0.25, 0.3) is 10.8 Å². The van der Waals surface area contributed by atoms with E-state index in [4.69, 9.17) is 0 Å². The van der Waals surface area contributed by atoms with Crippen molar-refractivity contribution < 1.29 is 0 Å². The fourth-order valence-corrected chi connectivity index (χ4v) is 2.56. The van der Waals surface area contributed by atoms with Crippen LogP contribution in [0.2, 0.25) is 0 Å². The molecular weight excluding hydrogens is 372 g/mol. The third-order valence-corrected chi connectivity index (χ3v) is 3.75. The molecule has 0 aliphatic rings. The van der Waals surface area contributed by atoms with Gasteiger partial charge in [-0.25, -0.2) is 0 Å². The van der Waals surface area contributed by atoms with Crippen molar-refractivity contribution in [2.24, 2.45) is 0 Å². The zero-order valence-electron chi connectivity index (χ0n) is 21.1. The summed E-state index contributed by atoms with van der Waals surface area (Å²) in [5.74, 6) is 0. The van der Waals surface area contributed by atoms with Crippen molar-refractivity contribution in [2.45, 2.75) is 61.8 Å². The third-order valence-electron chi connectivity index (χ3n) is 3.75. The highest BCUT2D eigenvalue weighted by molar-refractivity contribution is 5.82. The molecule has 0 heteroatoms. The minimum Gasteiger partial charge on any atom is -0.0683 e. The van der Waals surface area contributed by atoms with E-state index in [0.717, 1.165) is 6.42 Å². The molecule has 31 heavy (non-hydrogen) atoms. The van der Waals surface area contributed by atoms with Crippen LogP contribution in [-0.2, 0) is 6.42 Å². The Balaban J connectivity index is 0. The molecule has 0 aromatic heterocycles. The molecule has 0 nitrogen and oxygen atoms in total. The van der Waals surface area contributed by atoms with Gasteiger partial charge in [0.2, 0.25) is 0 Å². The van der Waals surface area contributed by atoms with Gasteiger partial charge in [-0.15, -0.1) is 0 Å². The highest BCUT2D eigenvalue weighted by Crippen LogP contribution is 2.11. The van der Waals surface area contributed by atoms with Crippen LogP contribution in [-0.4, -0.2) is 0 Å². The van der Waals surface area contributed by atoms with E-state index < -0.39 is 0 Å². The van der Waals surface area contributed by atoms with E-state index in [9.17, 15) is 0 Å². The number of benzene rings is 4. The second-order valence-corrected chi connectivity index (χ2v) is 5.50. The summed E-state index contributed by atoms with van der Waals surface area (Å²) in [6.07, 6.45) is 1.03. The first-order chi connectivity index (χ1) is 15.4. The summed E-state index contributed by atoms with van der Waals surface area (Å²) in [4.78, 5) is 0. The molecule has 0 aliphatic carbocycles. The van der Waals surface area contributed by atoms with E-state index in [0.29, 0.717) is 0 Å². The topological polar surface area (TPSA) is 0 Å². The molecule has 4 aromatic carbocycles. The summed E-state index contributed by atoms with van der Waals surface area (Å²) in [6.45, 7) is 16.0. The van der Waals surface area contributed by atoms with Gasteiger partial charge in [0.1, 0.15) is 0 Å². The molecule has 0 saturated heterocycles. The Morgan fingerprint density at radius 1 is 0.323 bits per heavy atom. The van der Waals surface area contributed by atoms with Crippen LogP contribution in [0, 0.1) is 0 Å². The normalized spacial score (nSPS) is 8.13. The Morgan fingerprint density at radius 2 is 0.548 bits per heavy atom. The van der Waals surface area contributed by atoms with Crippen molar-refractivity contribution in [3.8, 4) is 0 Å². The van der Waals surface area contributed by atoms with Crippen molar-refractivity contribution in [3.05, 3.63) is 120 Å². The summed E-state index contributed by atoms with van der Waals surface area (Å²) in [6, 6.07) is 37.8. The van der Waals surface area contributed by atoms with Gasteiger partial charge in [0.25, 0.3) is 0 Å². The second-order valence-electron chi connectivity index (χ2n) is 5.50. The molecule has 0 fully saturated rings. The quantitative estimate of drug-likeness (QED) is 0.305. The Labute approximate surface area is 193 Å². The maximum atomic E-state index is 2.16. The molecule has 0 atom stereocenters. The lowest BCUT2D eigenvalue weighted by atomic mass is 10.1. The van der Waals surface area contributed by atoms with Crippen LogP contribution < -0.4 is 0 Å². The summed E-state index contributed by atoms with van der Waals surface area (Å²) in [5.41, 5.74) is 2.74. The summed E-state index contributed by atoms with van der Waals surface area (Å²) < 4.78 is 0. The molecule has 0 aliphatic heterocycles. The minimum atomic E-state index is 1.03. The second kappa shape index (κ2) is 23.4. The van der Waals surface area contributed by atoms with Gasteiger partial charge in [0.05, 0.1) is 0 Å². The van der Waals surface area contributed by atoms with Crippen LogP contribution in [0.4, 0.5) is 0 Å². The standard InChI is InChI=1S/C13H12.C10H8.4C2H6/c1-3-7-12(8-4-1)11-13-9-5-2-6-10-13;1-2-6-10-8-4-3-7-9(10)5-1;4*1-2/h1-10H,11H2;1-8H;4*1-2H3. The molecule has 0 saturated carbocycles. The smallest absolute Gasteiger partial charge is 0.00258 e. The molecule has 0 radical (unpaired) electrons. The van der Waals surface area contributed by atoms with E-state index in [-0.39, 0.29) is 0 Å². The Hall–Kier alpha value is -2.86. The van der Waals surface area contributed by atoms with Crippen molar-refractivity contribution in [1.82, 2.24) is 0 Å². The molecule has 0 spiro atoms. The summed E-state index contributed by atoms with van der Waals surface area (Å²) in [5, 5.41) is 2.62. The molecule has 4 aromatic rings. The number of fused-ring (bicyclic) bond motifs is 1. The van der Waals surface area contributed by atoms with Gasteiger partial charge in [-0.2, -0.15) is 0 Å². The Bertz CT molecular complexity index is 730. The SMILES string of the molecule is CC.CC.CC.CC.c1ccc(Cc2ccccc2)cc1.c1ccc2ccccc2c1. The lowest BCUT2D eigenvalue weighted by Gasteiger charge is -2.00. The van der Waals surface area contributed by atoms with Gasteiger partial charge in [0, 0.05) is 0 Å². The average Bonchev–Trinajstić information content (AvgIpc) is 2.90. The van der Waals surface area contributed by atoms with Crippen molar-refractivity contribution >= 4 is 10.8 Å². The van der Waals surface area contributed by atoms with Crippen LogP contribution in [0.3, 0.4) is 0 Å².